The Morgan fingerprint density at radius 1 is 1.00 bits per heavy atom. The molecule has 2 heterocycles. The van der Waals surface area contributed by atoms with Crippen LogP contribution in [0.2, 0.25) is 0 Å². The van der Waals surface area contributed by atoms with Crippen molar-refractivity contribution in [3.63, 3.8) is 0 Å². The summed E-state index contributed by atoms with van der Waals surface area (Å²) in [7, 11) is 0. The standard InChI is InChI=1S/C21H21FN4O/c22-17-8-6-15(7-9-17)19-18(14-10-12-23-13-11-14)20(26-25-19)24-21(27)16-4-2-1-3-5-16/h6-13,16H,1-5H2,(H2,24,25,26,27). The molecule has 27 heavy (non-hydrogen) atoms. The van der Waals surface area contributed by atoms with Crippen LogP contribution in [0.3, 0.4) is 0 Å². The van der Waals surface area contributed by atoms with Gasteiger partial charge in [0, 0.05) is 23.9 Å². The predicted octanol–water partition coefficient (Wildman–Crippen LogP) is 4.80. The third-order valence-corrected chi connectivity index (χ3v) is 5.09. The van der Waals surface area contributed by atoms with Crippen molar-refractivity contribution in [1.82, 2.24) is 15.2 Å². The predicted molar refractivity (Wildman–Crippen MR) is 102 cm³/mol. The lowest BCUT2D eigenvalue weighted by molar-refractivity contribution is -0.120. The molecule has 4 rings (SSSR count). The number of amides is 1. The van der Waals surface area contributed by atoms with Gasteiger partial charge >= 0.3 is 0 Å². The van der Waals surface area contributed by atoms with Crippen molar-refractivity contribution in [1.29, 1.82) is 0 Å². The van der Waals surface area contributed by atoms with Gasteiger partial charge in [-0.2, -0.15) is 5.10 Å². The smallest absolute Gasteiger partial charge is 0.228 e. The molecule has 0 aliphatic heterocycles. The maximum absolute atomic E-state index is 13.3. The number of nitrogens with one attached hydrogen (secondary N) is 2. The van der Waals surface area contributed by atoms with Gasteiger partial charge in [0.05, 0.1) is 11.3 Å². The molecular weight excluding hydrogens is 343 g/mol. The molecule has 0 bridgehead atoms. The third-order valence-electron chi connectivity index (χ3n) is 5.09. The van der Waals surface area contributed by atoms with E-state index in [4.69, 9.17) is 0 Å². The first-order valence-electron chi connectivity index (χ1n) is 9.28. The van der Waals surface area contributed by atoms with Crippen LogP contribution >= 0.6 is 0 Å². The molecule has 0 atom stereocenters. The summed E-state index contributed by atoms with van der Waals surface area (Å²) in [5.74, 6) is 0.253. The van der Waals surface area contributed by atoms with Crippen LogP contribution in [0.1, 0.15) is 32.1 Å². The Labute approximate surface area is 157 Å². The van der Waals surface area contributed by atoms with Gasteiger partial charge in [-0.05, 0) is 54.8 Å². The van der Waals surface area contributed by atoms with Gasteiger partial charge in [0.15, 0.2) is 5.82 Å². The van der Waals surface area contributed by atoms with Gasteiger partial charge < -0.3 is 5.32 Å². The fourth-order valence-corrected chi connectivity index (χ4v) is 3.64. The molecule has 1 saturated carbocycles. The molecule has 5 nitrogen and oxygen atoms in total. The number of carbonyl (C=O) groups excluding carboxylic acids is 1. The Morgan fingerprint density at radius 3 is 2.41 bits per heavy atom. The summed E-state index contributed by atoms with van der Waals surface area (Å²) in [5.41, 5.74) is 3.21. The van der Waals surface area contributed by atoms with Crippen molar-refractivity contribution in [2.24, 2.45) is 5.92 Å². The second-order valence-electron chi connectivity index (χ2n) is 6.89. The van der Waals surface area contributed by atoms with Crippen LogP contribution in [0.4, 0.5) is 10.2 Å². The number of rotatable bonds is 4. The highest BCUT2D eigenvalue weighted by atomic mass is 19.1. The number of halogens is 1. The fraction of sp³-hybridized carbons (Fsp3) is 0.286. The highest BCUT2D eigenvalue weighted by Crippen LogP contribution is 2.36. The minimum absolute atomic E-state index is 0.0159. The highest BCUT2D eigenvalue weighted by molar-refractivity contribution is 5.98. The monoisotopic (exact) mass is 364 g/mol. The number of anilines is 1. The van der Waals surface area contributed by atoms with Crippen LogP contribution in [-0.2, 0) is 4.79 Å². The van der Waals surface area contributed by atoms with Crippen LogP contribution in [0, 0.1) is 11.7 Å². The number of aromatic nitrogens is 3. The van der Waals surface area contributed by atoms with Crippen LogP contribution in [-0.4, -0.2) is 21.1 Å². The number of hydrogen-bond donors (Lipinski definition) is 2. The normalized spacial score (nSPS) is 14.9. The van der Waals surface area contributed by atoms with Gasteiger partial charge in [-0.1, -0.05) is 19.3 Å². The van der Waals surface area contributed by atoms with Crippen molar-refractivity contribution < 1.29 is 9.18 Å². The van der Waals surface area contributed by atoms with Crippen molar-refractivity contribution in [2.75, 3.05) is 5.32 Å². The first kappa shape index (κ1) is 17.4. The van der Waals surface area contributed by atoms with Gasteiger partial charge in [0.25, 0.3) is 0 Å². The Hall–Kier alpha value is -3.02. The lowest BCUT2D eigenvalue weighted by Crippen LogP contribution is -2.25. The molecule has 0 radical (unpaired) electrons. The van der Waals surface area contributed by atoms with Gasteiger partial charge in [-0.3, -0.25) is 14.9 Å². The Morgan fingerprint density at radius 2 is 1.70 bits per heavy atom. The van der Waals surface area contributed by atoms with E-state index in [0.717, 1.165) is 48.1 Å². The van der Waals surface area contributed by atoms with E-state index in [9.17, 15) is 9.18 Å². The first-order chi connectivity index (χ1) is 13.2. The quantitative estimate of drug-likeness (QED) is 0.699. The molecule has 1 aliphatic carbocycles. The molecule has 6 heteroatoms. The van der Waals surface area contributed by atoms with Crippen LogP contribution in [0.5, 0.6) is 0 Å². The fourth-order valence-electron chi connectivity index (χ4n) is 3.64. The number of pyridine rings is 1. The van der Waals surface area contributed by atoms with Crippen molar-refractivity contribution in [3.05, 3.63) is 54.6 Å². The van der Waals surface area contributed by atoms with Crippen molar-refractivity contribution in [2.45, 2.75) is 32.1 Å². The minimum atomic E-state index is -0.297. The number of nitrogens with zero attached hydrogens (tertiary/aromatic N) is 2. The molecular formula is C21H21FN4O. The molecule has 2 aromatic heterocycles. The molecule has 1 fully saturated rings. The topological polar surface area (TPSA) is 70.7 Å². The Balaban J connectivity index is 1.71. The lowest BCUT2D eigenvalue weighted by Gasteiger charge is -2.20. The van der Waals surface area contributed by atoms with Gasteiger partial charge in [0.1, 0.15) is 5.82 Å². The van der Waals surface area contributed by atoms with E-state index in [1.165, 1.54) is 18.6 Å². The van der Waals surface area contributed by atoms with Gasteiger partial charge in [-0.25, -0.2) is 4.39 Å². The van der Waals surface area contributed by atoms with Crippen LogP contribution < -0.4 is 5.32 Å². The number of aromatic amines is 1. The molecule has 3 aromatic rings. The lowest BCUT2D eigenvalue weighted by atomic mass is 9.88. The Kier molecular flexibility index (Phi) is 4.96. The molecule has 1 amide bonds. The second-order valence-corrected chi connectivity index (χ2v) is 6.89. The number of H-pyrrole nitrogens is 1. The first-order valence-corrected chi connectivity index (χ1v) is 9.28. The summed E-state index contributed by atoms with van der Waals surface area (Å²) in [6.07, 6.45) is 8.63. The Bertz CT molecular complexity index is 915. The summed E-state index contributed by atoms with van der Waals surface area (Å²) in [5, 5.41) is 10.4. The zero-order valence-electron chi connectivity index (χ0n) is 14.9. The zero-order valence-corrected chi connectivity index (χ0v) is 14.9. The molecule has 0 saturated heterocycles. The summed E-state index contributed by atoms with van der Waals surface area (Å²) in [6.45, 7) is 0. The highest BCUT2D eigenvalue weighted by Gasteiger charge is 2.24. The number of carbonyl (C=O) groups is 1. The van der Waals surface area contributed by atoms with Gasteiger partial charge in [0.2, 0.25) is 5.91 Å². The van der Waals surface area contributed by atoms with Crippen molar-refractivity contribution >= 4 is 11.7 Å². The molecule has 138 valence electrons. The summed E-state index contributed by atoms with van der Waals surface area (Å²) < 4.78 is 13.3. The summed E-state index contributed by atoms with van der Waals surface area (Å²) in [4.78, 5) is 16.8. The average Bonchev–Trinajstić information content (AvgIpc) is 3.13. The molecule has 1 aliphatic rings. The number of hydrogen-bond acceptors (Lipinski definition) is 3. The van der Waals surface area contributed by atoms with E-state index >= 15 is 0 Å². The summed E-state index contributed by atoms with van der Waals surface area (Å²) in [6, 6.07) is 9.95. The van der Waals surface area contributed by atoms with E-state index in [1.807, 2.05) is 12.1 Å². The maximum Gasteiger partial charge on any atom is 0.228 e. The minimum Gasteiger partial charge on any atom is -0.308 e. The van der Waals surface area contributed by atoms with E-state index in [0.29, 0.717) is 5.82 Å². The zero-order chi connectivity index (χ0) is 18.6. The SMILES string of the molecule is O=C(Nc1n[nH]c(-c2ccc(F)cc2)c1-c1ccncc1)C1CCCCC1. The molecule has 1 aromatic carbocycles. The molecule has 0 spiro atoms. The van der Waals surface area contributed by atoms with E-state index in [2.05, 4.69) is 20.5 Å². The van der Waals surface area contributed by atoms with Crippen LogP contribution in [0.25, 0.3) is 22.4 Å². The largest absolute Gasteiger partial charge is 0.308 e. The van der Waals surface area contributed by atoms with E-state index in [1.54, 1.807) is 24.5 Å². The second kappa shape index (κ2) is 7.70. The van der Waals surface area contributed by atoms with E-state index in [-0.39, 0.29) is 17.6 Å². The van der Waals surface area contributed by atoms with E-state index < -0.39 is 0 Å². The third kappa shape index (κ3) is 3.74. The van der Waals surface area contributed by atoms with Gasteiger partial charge in [-0.15, -0.1) is 0 Å². The number of benzene rings is 1. The molecule has 2 N–H and O–H groups in total. The molecule has 0 unspecified atom stereocenters. The van der Waals surface area contributed by atoms with Crippen molar-refractivity contribution in [3.8, 4) is 22.4 Å². The summed E-state index contributed by atoms with van der Waals surface area (Å²) >= 11 is 0. The average molecular weight is 364 g/mol. The maximum atomic E-state index is 13.3. The van der Waals surface area contributed by atoms with Crippen LogP contribution in [0.15, 0.2) is 48.8 Å².